The average Bonchev–Trinajstić information content (AvgIpc) is 3.51. The van der Waals surface area contributed by atoms with Gasteiger partial charge in [0.1, 0.15) is 5.75 Å². The van der Waals surface area contributed by atoms with Gasteiger partial charge in [0.25, 0.3) is 0 Å². The number of methoxy groups -OCH3 is 1. The second-order valence-corrected chi connectivity index (χ2v) is 9.55. The molecule has 1 N–H and O–H groups in total. The molecule has 2 aromatic carbocycles. The second kappa shape index (κ2) is 6.63. The Balaban J connectivity index is 1.44. The number of para-hydroxylation sites is 1. The van der Waals surface area contributed by atoms with E-state index in [2.05, 4.69) is 58.4 Å². The van der Waals surface area contributed by atoms with Crippen molar-refractivity contribution in [2.24, 2.45) is 11.8 Å². The first-order chi connectivity index (χ1) is 14.2. The maximum atomic E-state index is 5.60. The van der Waals surface area contributed by atoms with Crippen LogP contribution in [0.4, 0.5) is 0 Å². The molecule has 2 atom stereocenters. The molecule has 2 fully saturated rings. The molecule has 6 rings (SSSR count). The fraction of sp³-hybridized carbons (Fsp3) is 0.462. The number of hydrogen-bond acceptors (Lipinski definition) is 2. The second-order valence-electron chi connectivity index (χ2n) is 9.55. The van der Waals surface area contributed by atoms with Crippen molar-refractivity contribution in [3.8, 4) is 5.75 Å². The lowest BCUT2D eigenvalue weighted by Gasteiger charge is -2.51. The highest BCUT2D eigenvalue weighted by Crippen LogP contribution is 2.50. The first-order valence-corrected chi connectivity index (χ1v) is 11.2. The number of fused-ring (bicyclic) bond motifs is 4. The summed E-state index contributed by atoms with van der Waals surface area (Å²) in [6.45, 7) is 3.76. The molecule has 2 aliphatic carbocycles. The zero-order chi connectivity index (χ0) is 19.4. The third kappa shape index (κ3) is 2.90. The summed E-state index contributed by atoms with van der Waals surface area (Å²) >= 11 is 0. The molecule has 0 amide bonds. The van der Waals surface area contributed by atoms with Crippen LogP contribution < -0.4 is 4.74 Å². The van der Waals surface area contributed by atoms with Crippen LogP contribution >= 0.6 is 0 Å². The Labute approximate surface area is 173 Å². The third-order valence-electron chi connectivity index (χ3n) is 7.84. The van der Waals surface area contributed by atoms with Gasteiger partial charge in [0, 0.05) is 35.1 Å². The lowest BCUT2D eigenvalue weighted by molar-refractivity contribution is 0.0783. The van der Waals surface area contributed by atoms with Gasteiger partial charge in [0.2, 0.25) is 0 Å². The van der Waals surface area contributed by atoms with Crippen molar-refractivity contribution >= 4 is 10.9 Å². The van der Waals surface area contributed by atoms with Gasteiger partial charge in [-0.05, 0) is 79.8 Å². The number of aromatic amines is 1. The molecule has 29 heavy (non-hydrogen) atoms. The Morgan fingerprint density at radius 1 is 1.14 bits per heavy atom. The molecule has 3 nitrogen and oxygen atoms in total. The Hall–Kier alpha value is -2.26. The van der Waals surface area contributed by atoms with E-state index in [0.29, 0.717) is 5.92 Å². The van der Waals surface area contributed by atoms with Gasteiger partial charge >= 0.3 is 0 Å². The van der Waals surface area contributed by atoms with E-state index in [1.54, 1.807) is 12.7 Å². The molecule has 3 aliphatic rings. The number of likely N-dealkylation sites (tertiary alicyclic amines) is 1. The zero-order valence-electron chi connectivity index (χ0n) is 17.3. The Morgan fingerprint density at radius 2 is 2.03 bits per heavy atom. The minimum Gasteiger partial charge on any atom is -0.497 e. The van der Waals surface area contributed by atoms with Gasteiger partial charge in [-0.15, -0.1) is 0 Å². The maximum Gasteiger partial charge on any atom is 0.119 e. The predicted molar refractivity (Wildman–Crippen MR) is 118 cm³/mol. The van der Waals surface area contributed by atoms with Crippen molar-refractivity contribution < 1.29 is 4.74 Å². The zero-order valence-corrected chi connectivity index (χ0v) is 17.3. The Kier molecular flexibility index (Phi) is 4.02. The molecule has 3 heteroatoms. The molecule has 0 radical (unpaired) electrons. The van der Waals surface area contributed by atoms with Crippen molar-refractivity contribution in [2.75, 3.05) is 26.7 Å². The van der Waals surface area contributed by atoms with Crippen molar-refractivity contribution in [3.63, 3.8) is 0 Å². The van der Waals surface area contributed by atoms with Gasteiger partial charge in [0.05, 0.1) is 7.11 Å². The first-order valence-electron chi connectivity index (χ1n) is 11.2. The quantitative estimate of drug-likeness (QED) is 0.687. The van der Waals surface area contributed by atoms with Crippen LogP contribution in [0.5, 0.6) is 5.75 Å². The molecule has 1 aliphatic heterocycles. The van der Waals surface area contributed by atoms with Crippen LogP contribution in [-0.4, -0.2) is 36.6 Å². The fourth-order valence-corrected chi connectivity index (χ4v) is 6.08. The minimum atomic E-state index is 0.211. The van der Waals surface area contributed by atoms with Gasteiger partial charge in [-0.2, -0.15) is 0 Å². The van der Waals surface area contributed by atoms with Crippen LogP contribution in [0.15, 0.2) is 48.5 Å². The average molecular weight is 387 g/mol. The van der Waals surface area contributed by atoms with Gasteiger partial charge < -0.3 is 14.6 Å². The summed E-state index contributed by atoms with van der Waals surface area (Å²) < 4.78 is 5.60. The van der Waals surface area contributed by atoms with Crippen LogP contribution in [0.2, 0.25) is 0 Å². The number of ether oxygens (including phenoxy) is 1. The van der Waals surface area contributed by atoms with E-state index in [1.807, 2.05) is 0 Å². The molecule has 150 valence electrons. The van der Waals surface area contributed by atoms with Crippen molar-refractivity contribution in [3.05, 3.63) is 65.4 Å². The molecule has 1 saturated carbocycles. The van der Waals surface area contributed by atoms with Gasteiger partial charge in [-0.3, -0.25) is 0 Å². The van der Waals surface area contributed by atoms with Crippen LogP contribution in [0.25, 0.3) is 10.9 Å². The molecule has 0 bridgehead atoms. The van der Waals surface area contributed by atoms with E-state index in [0.717, 1.165) is 18.1 Å². The first kappa shape index (κ1) is 17.6. The van der Waals surface area contributed by atoms with E-state index in [-0.39, 0.29) is 5.41 Å². The van der Waals surface area contributed by atoms with Crippen molar-refractivity contribution in [1.29, 1.82) is 0 Å². The highest BCUT2D eigenvalue weighted by Gasteiger charge is 2.48. The summed E-state index contributed by atoms with van der Waals surface area (Å²) in [7, 11) is 1.78. The summed E-state index contributed by atoms with van der Waals surface area (Å²) in [5.74, 6) is 2.61. The number of piperidine rings is 1. The number of benzene rings is 2. The highest BCUT2D eigenvalue weighted by atomic mass is 16.5. The smallest absolute Gasteiger partial charge is 0.119 e. The third-order valence-corrected chi connectivity index (χ3v) is 7.84. The monoisotopic (exact) mass is 386 g/mol. The van der Waals surface area contributed by atoms with Gasteiger partial charge in [-0.25, -0.2) is 0 Å². The number of H-pyrrole nitrogens is 1. The molecule has 2 heterocycles. The maximum absolute atomic E-state index is 5.60. The summed E-state index contributed by atoms with van der Waals surface area (Å²) in [5, 5.41) is 1.43. The lowest BCUT2D eigenvalue weighted by atomic mass is 9.58. The van der Waals surface area contributed by atoms with E-state index in [1.165, 1.54) is 67.5 Å². The Bertz CT molecular complexity index is 1050. The van der Waals surface area contributed by atoms with Crippen LogP contribution in [0.1, 0.15) is 36.1 Å². The summed E-state index contributed by atoms with van der Waals surface area (Å²) in [4.78, 5) is 6.55. The van der Waals surface area contributed by atoms with E-state index in [9.17, 15) is 0 Å². The summed E-state index contributed by atoms with van der Waals surface area (Å²) in [6, 6.07) is 17.8. The molecule has 0 spiro atoms. The summed E-state index contributed by atoms with van der Waals surface area (Å²) in [6.07, 6.45) is 6.42. The van der Waals surface area contributed by atoms with Crippen LogP contribution in [0, 0.1) is 11.8 Å². The van der Waals surface area contributed by atoms with Crippen molar-refractivity contribution in [2.45, 2.75) is 37.5 Å². The minimum absolute atomic E-state index is 0.211. The van der Waals surface area contributed by atoms with E-state index in [4.69, 9.17) is 4.74 Å². The lowest BCUT2D eigenvalue weighted by Crippen LogP contribution is -2.54. The highest BCUT2D eigenvalue weighted by molar-refractivity contribution is 5.85. The summed E-state index contributed by atoms with van der Waals surface area (Å²) in [5.41, 5.74) is 6.00. The van der Waals surface area contributed by atoms with Crippen molar-refractivity contribution in [1.82, 2.24) is 9.88 Å². The van der Waals surface area contributed by atoms with Gasteiger partial charge in [-0.1, -0.05) is 30.3 Å². The molecular weight excluding hydrogens is 356 g/mol. The molecule has 3 aromatic rings. The topological polar surface area (TPSA) is 28.3 Å². The normalized spacial score (nSPS) is 26.9. The Morgan fingerprint density at radius 3 is 2.90 bits per heavy atom. The van der Waals surface area contributed by atoms with Crippen LogP contribution in [-0.2, 0) is 18.3 Å². The number of hydrogen-bond donors (Lipinski definition) is 1. The number of nitrogens with one attached hydrogen (secondary N) is 1. The SMILES string of the molecule is COc1cccc(C23CCN(CC4CC4)CC2Cc2c([nH]c4ccccc24)C3)c1. The predicted octanol–water partition coefficient (Wildman–Crippen LogP) is 4.95. The molecular formula is C26H30N2O. The molecule has 2 unspecified atom stereocenters. The van der Waals surface area contributed by atoms with Gasteiger partial charge in [0.15, 0.2) is 0 Å². The number of rotatable bonds is 4. The van der Waals surface area contributed by atoms with E-state index >= 15 is 0 Å². The number of nitrogens with zero attached hydrogens (tertiary/aromatic N) is 1. The largest absolute Gasteiger partial charge is 0.497 e. The molecule has 1 aromatic heterocycles. The molecule has 1 saturated heterocycles. The number of aromatic nitrogens is 1. The standard InChI is InChI=1S/C26H30N2O/c1-29-21-6-4-5-19(13-21)26-11-12-28(16-18-9-10-18)17-20(26)14-23-22-7-2-3-8-24(22)27-25(23)15-26/h2-8,13,18,20,27H,9-12,14-17H2,1H3. The van der Waals surface area contributed by atoms with E-state index < -0.39 is 0 Å². The fourth-order valence-electron chi connectivity index (χ4n) is 6.08. The van der Waals surface area contributed by atoms with Crippen LogP contribution in [0.3, 0.4) is 0 Å².